The molecule has 1 aliphatic heterocycles. The van der Waals surface area contributed by atoms with E-state index in [4.69, 9.17) is 0 Å². The lowest BCUT2D eigenvalue weighted by molar-refractivity contribution is 0.222. The molecule has 0 N–H and O–H groups in total. The fraction of sp³-hybridized carbons (Fsp3) is 0.538. The number of benzene rings is 1. The van der Waals surface area contributed by atoms with Crippen LogP contribution < -0.4 is 4.90 Å². The van der Waals surface area contributed by atoms with Crippen molar-refractivity contribution >= 4 is 21.6 Å². The van der Waals surface area contributed by atoms with E-state index in [0.717, 1.165) is 18.8 Å². The van der Waals surface area contributed by atoms with Crippen LogP contribution in [-0.2, 0) is 0 Å². The molecule has 1 saturated carbocycles. The molecule has 2 aliphatic rings. The van der Waals surface area contributed by atoms with Crippen molar-refractivity contribution < 1.29 is 4.39 Å². The third-order valence-electron chi connectivity index (χ3n) is 3.99. The number of hydrogen-bond donors (Lipinski definition) is 0. The second kappa shape index (κ2) is 3.73. The molecule has 1 spiro atoms. The lowest BCUT2D eigenvalue weighted by Gasteiger charge is -2.49. The standard InChI is InChI=1S/C13H15BrFN/c14-11-4-3-10(7-12(11)15)16-8-13(9-16)5-1-2-6-13/h3-4,7H,1-2,5-6,8-9H2. The van der Waals surface area contributed by atoms with Crippen LogP contribution in [0, 0.1) is 11.2 Å². The van der Waals surface area contributed by atoms with Crippen molar-refractivity contribution in [3.8, 4) is 0 Å². The normalized spacial score (nSPS) is 22.5. The van der Waals surface area contributed by atoms with E-state index in [1.165, 1.54) is 25.7 Å². The Labute approximate surface area is 104 Å². The third kappa shape index (κ3) is 1.65. The van der Waals surface area contributed by atoms with E-state index >= 15 is 0 Å². The summed E-state index contributed by atoms with van der Waals surface area (Å²) in [5, 5.41) is 0. The summed E-state index contributed by atoms with van der Waals surface area (Å²) in [6.45, 7) is 2.24. The van der Waals surface area contributed by atoms with E-state index in [2.05, 4.69) is 20.8 Å². The van der Waals surface area contributed by atoms with Gasteiger partial charge in [0.15, 0.2) is 0 Å². The van der Waals surface area contributed by atoms with Gasteiger partial charge >= 0.3 is 0 Å². The molecule has 0 radical (unpaired) electrons. The minimum absolute atomic E-state index is 0.162. The van der Waals surface area contributed by atoms with Crippen LogP contribution in [0.4, 0.5) is 10.1 Å². The van der Waals surface area contributed by atoms with E-state index < -0.39 is 0 Å². The van der Waals surface area contributed by atoms with Crippen molar-refractivity contribution in [1.29, 1.82) is 0 Å². The van der Waals surface area contributed by atoms with Crippen molar-refractivity contribution in [3.05, 3.63) is 28.5 Å². The van der Waals surface area contributed by atoms with Gasteiger partial charge in [0.05, 0.1) is 4.47 Å². The van der Waals surface area contributed by atoms with Crippen LogP contribution in [0.2, 0.25) is 0 Å². The maximum atomic E-state index is 13.4. The number of halogens is 2. The first kappa shape index (κ1) is 10.6. The highest BCUT2D eigenvalue weighted by Gasteiger charge is 2.44. The summed E-state index contributed by atoms with van der Waals surface area (Å²) >= 11 is 3.18. The van der Waals surface area contributed by atoms with Crippen molar-refractivity contribution in [3.63, 3.8) is 0 Å². The van der Waals surface area contributed by atoms with Crippen molar-refractivity contribution in [1.82, 2.24) is 0 Å². The van der Waals surface area contributed by atoms with Gasteiger partial charge in [-0.05, 0) is 47.0 Å². The summed E-state index contributed by atoms with van der Waals surface area (Å²) in [5.41, 5.74) is 1.60. The first-order valence-corrected chi connectivity index (χ1v) is 6.68. The molecule has 1 heterocycles. The van der Waals surface area contributed by atoms with Gasteiger partial charge in [-0.3, -0.25) is 0 Å². The summed E-state index contributed by atoms with van der Waals surface area (Å²) in [6.07, 6.45) is 5.48. The summed E-state index contributed by atoms with van der Waals surface area (Å²) in [5.74, 6) is -0.162. The number of nitrogens with zero attached hydrogens (tertiary/aromatic N) is 1. The second-order valence-corrected chi connectivity index (χ2v) is 6.02. The Morgan fingerprint density at radius 2 is 1.88 bits per heavy atom. The highest BCUT2D eigenvalue weighted by Crippen LogP contribution is 2.47. The highest BCUT2D eigenvalue weighted by atomic mass is 79.9. The fourth-order valence-electron chi connectivity index (χ4n) is 3.07. The minimum Gasteiger partial charge on any atom is -0.370 e. The van der Waals surface area contributed by atoms with Crippen LogP contribution in [0.5, 0.6) is 0 Å². The van der Waals surface area contributed by atoms with E-state index in [9.17, 15) is 4.39 Å². The molecule has 1 saturated heterocycles. The van der Waals surface area contributed by atoms with Crippen LogP contribution in [0.3, 0.4) is 0 Å². The van der Waals surface area contributed by atoms with Gasteiger partial charge in [-0.15, -0.1) is 0 Å². The summed E-state index contributed by atoms with van der Waals surface area (Å²) in [6, 6.07) is 5.42. The molecule has 0 atom stereocenters. The Kier molecular flexibility index (Phi) is 2.46. The molecule has 16 heavy (non-hydrogen) atoms. The summed E-state index contributed by atoms with van der Waals surface area (Å²) in [4.78, 5) is 2.29. The van der Waals surface area contributed by atoms with Crippen LogP contribution in [-0.4, -0.2) is 13.1 Å². The van der Waals surface area contributed by atoms with Gasteiger partial charge in [-0.2, -0.15) is 0 Å². The molecular weight excluding hydrogens is 269 g/mol. The van der Waals surface area contributed by atoms with Crippen LogP contribution >= 0.6 is 15.9 Å². The van der Waals surface area contributed by atoms with Gasteiger partial charge in [-0.25, -0.2) is 4.39 Å². The molecule has 86 valence electrons. The molecule has 2 fully saturated rings. The molecule has 0 bridgehead atoms. The van der Waals surface area contributed by atoms with E-state index in [1.807, 2.05) is 6.07 Å². The average molecular weight is 284 g/mol. The first-order valence-electron chi connectivity index (χ1n) is 5.89. The average Bonchev–Trinajstić information content (AvgIpc) is 2.69. The zero-order chi connectivity index (χ0) is 11.2. The fourth-order valence-corrected chi connectivity index (χ4v) is 3.32. The third-order valence-corrected chi connectivity index (χ3v) is 4.63. The molecule has 3 rings (SSSR count). The maximum absolute atomic E-state index is 13.4. The van der Waals surface area contributed by atoms with Crippen LogP contribution in [0.15, 0.2) is 22.7 Å². The van der Waals surface area contributed by atoms with Crippen molar-refractivity contribution in [2.75, 3.05) is 18.0 Å². The predicted molar refractivity (Wildman–Crippen MR) is 67.2 cm³/mol. The largest absolute Gasteiger partial charge is 0.370 e. The lowest BCUT2D eigenvalue weighted by atomic mass is 9.78. The topological polar surface area (TPSA) is 3.24 Å². The molecule has 1 aromatic carbocycles. The SMILES string of the molecule is Fc1cc(N2CC3(CCCC3)C2)ccc1Br. The van der Waals surface area contributed by atoms with Crippen LogP contribution in [0.1, 0.15) is 25.7 Å². The van der Waals surface area contributed by atoms with Crippen molar-refractivity contribution in [2.24, 2.45) is 5.41 Å². The molecule has 1 aliphatic carbocycles. The Morgan fingerprint density at radius 1 is 1.19 bits per heavy atom. The number of hydrogen-bond acceptors (Lipinski definition) is 1. The molecule has 0 aromatic heterocycles. The Morgan fingerprint density at radius 3 is 2.50 bits per heavy atom. The first-order chi connectivity index (χ1) is 7.69. The minimum atomic E-state index is -0.162. The van der Waals surface area contributed by atoms with Gasteiger partial charge in [0.25, 0.3) is 0 Å². The second-order valence-electron chi connectivity index (χ2n) is 5.16. The van der Waals surface area contributed by atoms with Gasteiger partial charge in [-0.1, -0.05) is 12.8 Å². The number of anilines is 1. The predicted octanol–water partition coefficient (Wildman–Crippen LogP) is 3.97. The highest BCUT2D eigenvalue weighted by molar-refractivity contribution is 9.10. The van der Waals surface area contributed by atoms with Gasteiger partial charge in [0.1, 0.15) is 5.82 Å². The van der Waals surface area contributed by atoms with Gasteiger partial charge in [0, 0.05) is 24.2 Å². The summed E-state index contributed by atoms with van der Waals surface area (Å²) < 4.78 is 13.9. The van der Waals surface area contributed by atoms with Gasteiger partial charge in [0.2, 0.25) is 0 Å². The lowest BCUT2D eigenvalue weighted by Crippen LogP contribution is -2.55. The van der Waals surface area contributed by atoms with Crippen molar-refractivity contribution in [2.45, 2.75) is 25.7 Å². The smallest absolute Gasteiger partial charge is 0.139 e. The molecule has 0 amide bonds. The Hall–Kier alpha value is -0.570. The molecular formula is C13H15BrFN. The molecule has 3 heteroatoms. The summed E-state index contributed by atoms with van der Waals surface area (Å²) in [7, 11) is 0. The monoisotopic (exact) mass is 283 g/mol. The Balaban J connectivity index is 1.73. The maximum Gasteiger partial charge on any atom is 0.139 e. The molecule has 1 aromatic rings. The Bertz CT molecular complexity index is 404. The molecule has 0 unspecified atom stereocenters. The zero-order valence-electron chi connectivity index (χ0n) is 9.18. The van der Waals surface area contributed by atoms with E-state index in [-0.39, 0.29) is 5.82 Å². The van der Waals surface area contributed by atoms with E-state index in [0.29, 0.717) is 9.89 Å². The quantitative estimate of drug-likeness (QED) is 0.754. The van der Waals surface area contributed by atoms with Gasteiger partial charge < -0.3 is 4.90 Å². The van der Waals surface area contributed by atoms with Crippen LogP contribution in [0.25, 0.3) is 0 Å². The number of rotatable bonds is 1. The van der Waals surface area contributed by atoms with E-state index in [1.54, 1.807) is 12.1 Å². The molecule has 1 nitrogen and oxygen atoms in total. The zero-order valence-corrected chi connectivity index (χ0v) is 10.8.